The number of hydrogen-bond acceptors (Lipinski definition) is 6. The monoisotopic (exact) mass is 540 g/mol. The van der Waals surface area contributed by atoms with E-state index in [9.17, 15) is 28.0 Å². The largest absolute Gasteiger partial charge is 0.450 e. The molecule has 0 bridgehead atoms. The van der Waals surface area contributed by atoms with E-state index >= 15 is 0 Å². The summed E-state index contributed by atoms with van der Waals surface area (Å²) in [7, 11) is 0. The van der Waals surface area contributed by atoms with Gasteiger partial charge in [0.25, 0.3) is 5.56 Å². The van der Waals surface area contributed by atoms with Gasteiger partial charge in [-0.1, -0.05) is 0 Å². The van der Waals surface area contributed by atoms with Gasteiger partial charge >= 0.3 is 11.8 Å². The minimum absolute atomic E-state index is 0.153. The Morgan fingerprint density at radius 1 is 1.03 bits per heavy atom. The molecule has 0 fully saturated rings. The normalized spacial score (nSPS) is 12.9. The van der Waals surface area contributed by atoms with Crippen LogP contribution in [0, 0.1) is 11.6 Å². The highest BCUT2D eigenvalue weighted by atomic mass is 32.1. The molecule has 0 atom stereocenters. The summed E-state index contributed by atoms with van der Waals surface area (Å²) >= 11 is 1.16. The van der Waals surface area contributed by atoms with Crippen molar-refractivity contribution in [2.75, 3.05) is 18.5 Å². The first-order chi connectivity index (χ1) is 18.3. The van der Waals surface area contributed by atoms with Gasteiger partial charge in [0.05, 0.1) is 24.2 Å². The fraction of sp³-hybridized carbons (Fsp3) is 0.231. The minimum atomic E-state index is -0.774. The lowest BCUT2D eigenvalue weighted by atomic mass is 10.1. The number of amides is 2. The van der Waals surface area contributed by atoms with Crippen molar-refractivity contribution in [1.29, 1.82) is 0 Å². The zero-order chi connectivity index (χ0) is 27.0. The first kappa shape index (κ1) is 25.3. The molecule has 38 heavy (non-hydrogen) atoms. The summed E-state index contributed by atoms with van der Waals surface area (Å²) < 4.78 is 34.0. The maximum atomic E-state index is 13.7. The number of halogens is 2. The standard InChI is InChI=1S/C26H22F2N4O5S/c1-2-37-26(36)30-12-11-19-20(13-30)38-24-22(19)23(34)32(18-9-5-16(28)6-10-18)25(35)31(24)14-21(33)29-17-7-3-15(27)4-8-17/h3-10H,2,11-14H2,1H3,(H,29,33). The summed E-state index contributed by atoms with van der Waals surface area (Å²) in [6, 6.07) is 10.1. The molecular weight excluding hydrogens is 518 g/mol. The predicted molar refractivity (Wildman–Crippen MR) is 138 cm³/mol. The van der Waals surface area contributed by atoms with Crippen molar-refractivity contribution in [2.45, 2.75) is 26.4 Å². The lowest BCUT2D eigenvalue weighted by molar-refractivity contribution is -0.116. The van der Waals surface area contributed by atoms with Crippen LogP contribution >= 0.6 is 11.3 Å². The molecule has 0 radical (unpaired) electrons. The van der Waals surface area contributed by atoms with Gasteiger partial charge in [-0.3, -0.25) is 14.2 Å². The van der Waals surface area contributed by atoms with Gasteiger partial charge in [-0.2, -0.15) is 0 Å². The minimum Gasteiger partial charge on any atom is -0.450 e. The number of carbonyl (C=O) groups excluding carboxylic acids is 2. The quantitative estimate of drug-likeness (QED) is 0.417. The molecule has 196 valence electrons. The van der Waals surface area contributed by atoms with Crippen LogP contribution in [0.5, 0.6) is 0 Å². The smallest absolute Gasteiger partial charge is 0.410 e. The van der Waals surface area contributed by atoms with E-state index in [-0.39, 0.29) is 24.2 Å². The van der Waals surface area contributed by atoms with E-state index < -0.39 is 41.4 Å². The lowest BCUT2D eigenvalue weighted by Crippen LogP contribution is -2.41. The molecule has 9 nitrogen and oxygen atoms in total. The number of benzene rings is 2. The molecular formula is C26H22F2N4O5S. The number of anilines is 1. The summed E-state index contributed by atoms with van der Waals surface area (Å²) in [5.41, 5.74) is -0.180. The van der Waals surface area contributed by atoms with E-state index in [1.54, 1.807) is 6.92 Å². The maximum Gasteiger partial charge on any atom is 0.410 e. The lowest BCUT2D eigenvalue weighted by Gasteiger charge is -2.25. The van der Waals surface area contributed by atoms with E-state index in [1.807, 2.05) is 0 Å². The summed E-state index contributed by atoms with van der Waals surface area (Å²) in [5.74, 6) is -1.56. The second kappa shape index (κ2) is 10.2. The fourth-order valence-corrected chi connectivity index (χ4v) is 5.76. The number of hydrogen-bond donors (Lipinski definition) is 1. The molecule has 0 saturated heterocycles. The second-order valence-corrected chi connectivity index (χ2v) is 9.68. The zero-order valence-corrected chi connectivity index (χ0v) is 21.0. The van der Waals surface area contributed by atoms with Gasteiger partial charge in [-0.15, -0.1) is 11.3 Å². The molecule has 1 N–H and O–H groups in total. The molecule has 5 rings (SSSR count). The molecule has 3 heterocycles. The molecule has 0 aliphatic carbocycles. The molecule has 2 aromatic carbocycles. The van der Waals surface area contributed by atoms with Gasteiger partial charge in [-0.05, 0) is 67.4 Å². The summed E-state index contributed by atoms with van der Waals surface area (Å²) in [4.78, 5) is 55.0. The van der Waals surface area contributed by atoms with E-state index in [4.69, 9.17) is 4.74 Å². The van der Waals surface area contributed by atoms with Crippen molar-refractivity contribution in [3.63, 3.8) is 0 Å². The topological polar surface area (TPSA) is 103 Å². The Kier molecular flexibility index (Phi) is 6.81. The Balaban J connectivity index is 1.63. The van der Waals surface area contributed by atoms with Crippen molar-refractivity contribution < 1.29 is 23.1 Å². The van der Waals surface area contributed by atoms with Crippen LogP contribution in [-0.2, 0) is 29.0 Å². The molecule has 0 saturated carbocycles. The Labute approximate surface area is 218 Å². The summed E-state index contributed by atoms with van der Waals surface area (Å²) in [6.07, 6.45) is -0.123. The van der Waals surface area contributed by atoms with Crippen LogP contribution in [0.3, 0.4) is 0 Å². The molecule has 0 unspecified atom stereocenters. The number of nitrogens with zero attached hydrogens (tertiary/aromatic N) is 3. The van der Waals surface area contributed by atoms with Gasteiger partial charge in [-0.25, -0.2) is 22.9 Å². The molecule has 2 aromatic heterocycles. The fourth-order valence-electron chi connectivity index (χ4n) is 4.41. The van der Waals surface area contributed by atoms with Gasteiger partial charge in [0, 0.05) is 17.1 Å². The third-order valence-electron chi connectivity index (χ3n) is 6.16. The predicted octanol–water partition coefficient (Wildman–Crippen LogP) is 3.65. The van der Waals surface area contributed by atoms with Crippen molar-refractivity contribution in [1.82, 2.24) is 14.0 Å². The van der Waals surface area contributed by atoms with Gasteiger partial charge in [0.2, 0.25) is 5.91 Å². The number of ether oxygens (including phenoxy) is 1. The first-order valence-corrected chi connectivity index (χ1v) is 12.6. The van der Waals surface area contributed by atoms with Crippen molar-refractivity contribution >= 4 is 39.2 Å². The van der Waals surface area contributed by atoms with Crippen LogP contribution in [0.25, 0.3) is 15.9 Å². The number of fused-ring (bicyclic) bond motifs is 3. The molecule has 2 amide bonds. The van der Waals surface area contributed by atoms with Crippen LogP contribution in [0.2, 0.25) is 0 Å². The Morgan fingerprint density at radius 3 is 2.34 bits per heavy atom. The number of carbonyl (C=O) groups is 2. The van der Waals surface area contributed by atoms with E-state index in [0.29, 0.717) is 33.9 Å². The van der Waals surface area contributed by atoms with E-state index in [2.05, 4.69) is 5.32 Å². The Hall–Kier alpha value is -4.32. The van der Waals surface area contributed by atoms with E-state index in [1.165, 1.54) is 45.9 Å². The number of nitrogens with one attached hydrogen (secondary N) is 1. The average molecular weight is 541 g/mol. The van der Waals surface area contributed by atoms with Crippen LogP contribution < -0.4 is 16.6 Å². The maximum absolute atomic E-state index is 13.7. The summed E-state index contributed by atoms with van der Waals surface area (Å²) in [6.45, 7) is 2.01. The third kappa shape index (κ3) is 4.70. The SMILES string of the molecule is CCOC(=O)N1CCc2c(sc3c2c(=O)n(-c2ccc(F)cc2)c(=O)n3CC(=O)Nc2ccc(F)cc2)C1. The molecule has 12 heteroatoms. The van der Waals surface area contributed by atoms with Crippen molar-refractivity contribution in [3.8, 4) is 5.69 Å². The van der Waals surface area contributed by atoms with Crippen LogP contribution in [-0.4, -0.2) is 39.2 Å². The molecule has 1 aliphatic rings. The Morgan fingerprint density at radius 2 is 1.68 bits per heavy atom. The third-order valence-corrected chi connectivity index (χ3v) is 7.40. The summed E-state index contributed by atoms with van der Waals surface area (Å²) in [5, 5.41) is 2.89. The second-order valence-electron chi connectivity index (χ2n) is 8.60. The van der Waals surface area contributed by atoms with Gasteiger partial charge < -0.3 is 15.0 Å². The van der Waals surface area contributed by atoms with Crippen molar-refractivity contribution in [3.05, 3.63) is 91.4 Å². The highest BCUT2D eigenvalue weighted by Gasteiger charge is 2.29. The molecule has 4 aromatic rings. The number of thiophene rings is 1. The van der Waals surface area contributed by atoms with Crippen molar-refractivity contribution in [2.24, 2.45) is 0 Å². The van der Waals surface area contributed by atoms with Crippen LogP contribution in [0.15, 0.2) is 58.1 Å². The van der Waals surface area contributed by atoms with Gasteiger partial charge in [0.15, 0.2) is 0 Å². The molecule has 1 aliphatic heterocycles. The van der Waals surface area contributed by atoms with Crippen LogP contribution in [0.1, 0.15) is 17.4 Å². The van der Waals surface area contributed by atoms with E-state index in [0.717, 1.165) is 28.0 Å². The highest BCUT2D eigenvalue weighted by Crippen LogP contribution is 2.33. The number of rotatable bonds is 5. The average Bonchev–Trinajstić information content (AvgIpc) is 3.28. The zero-order valence-electron chi connectivity index (χ0n) is 20.2. The first-order valence-electron chi connectivity index (χ1n) is 11.8. The highest BCUT2D eigenvalue weighted by molar-refractivity contribution is 7.18. The molecule has 0 spiro atoms. The van der Waals surface area contributed by atoms with Crippen LogP contribution in [0.4, 0.5) is 19.3 Å². The van der Waals surface area contributed by atoms with Gasteiger partial charge in [0.1, 0.15) is 23.0 Å². The number of aromatic nitrogens is 2. The Bertz CT molecular complexity index is 1660.